The van der Waals surface area contributed by atoms with Crippen molar-refractivity contribution in [1.82, 2.24) is 9.97 Å². The molecule has 0 aliphatic rings. The van der Waals surface area contributed by atoms with Gasteiger partial charge in [0.15, 0.2) is 0 Å². The summed E-state index contributed by atoms with van der Waals surface area (Å²) < 4.78 is 29.9. The number of hydrogen-bond acceptors (Lipinski definition) is 2. The van der Waals surface area contributed by atoms with Crippen LogP contribution in [0.1, 0.15) is 32.2 Å². The largest absolute Gasteiger partial charge is 0.253 e. The van der Waals surface area contributed by atoms with Crippen molar-refractivity contribution in [3.63, 3.8) is 0 Å². The lowest BCUT2D eigenvalue weighted by Gasteiger charge is -2.21. The first-order chi connectivity index (χ1) is 18.7. The normalized spacial score (nSPS) is 11.8. The number of pyridine rings is 2. The van der Waals surface area contributed by atoms with Gasteiger partial charge in [0, 0.05) is 38.7 Å². The molecule has 0 saturated carbocycles. The van der Waals surface area contributed by atoms with Gasteiger partial charge in [0.2, 0.25) is 0 Å². The summed E-state index contributed by atoms with van der Waals surface area (Å²) >= 11 is 0. The van der Waals surface area contributed by atoms with Crippen molar-refractivity contribution < 1.29 is 8.78 Å². The van der Waals surface area contributed by atoms with Crippen molar-refractivity contribution in [2.45, 2.75) is 33.1 Å². The fourth-order valence-electron chi connectivity index (χ4n) is 5.13. The lowest BCUT2D eigenvalue weighted by molar-refractivity contribution is 0.571. The number of fused-ring (bicyclic) bond motifs is 2. The number of halogens is 2. The fraction of sp³-hybridized carbons (Fsp3) is 0.143. The molecule has 0 N–H and O–H groups in total. The van der Waals surface area contributed by atoms with Crippen LogP contribution in [-0.2, 0) is 5.41 Å². The van der Waals surface area contributed by atoms with Gasteiger partial charge < -0.3 is 0 Å². The van der Waals surface area contributed by atoms with Gasteiger partial charge >= 0.3 is 0 Å². The molecule has 0 aliphatic carbocycles. The molecule has 2 heterocycles. The van der Waals surface area contributed by atoms with Crippen LogP contribution in [0.25, 0.3) is 55.2 Å². The Morgan fingerprint density at radius 1 is 0.538 bits per heavy atom. The number of benzene rings is 4. The van der Waals surface area contributed by atoms with E-state index in [1.807, 2.05) is 61.5 Å². The van der Waals surface area contributed by atoms with E-state index >= 15 is 4.39 Å². The third-order valence-electron chi connectivity index (χ3n) is 7.18. The van der Waals surface area contributed by atoms with Gasteiger partial charge in [0.25, 0.3) is 0 Å². The molecule has 4 aromatic carbocycles. The molecule has 0 atom stereocenters. The maximum absolute atomic E-state index is 15.0. The Morgan fingerprint density at radius 2 is 1.03 bits per heavy atom. The van der Waals surface area contributed by atoms with Gasteiger partial charge in [0.1, 0.15) is 11.6 Å². The summed E-state index contributed by atoms with van der Waals surface area (Å²) in [5, 5.41) is 1.75. The molecule has 0 bridgehead atoms. The molecule has 0 radical (unpaired) electrons. The van der Waals surface area contributed by atoms with E-state index in [-0.39, 0.29) is 17.0 Å². The highest BCUT2D eigenvalue weighted by atomic mass is 19.1. The Balaban J connectivity index is 1.59. The quantitative estimate of drug-likeness (QED) is 0.235. The molecule has 2 nitrogen and oxygen atoms in total. The Bertz CT molecular complexity index is 1880. The van der Waals surface area contributed by atoms with Crippen LogP contribution >= 0.6 is 0 Å². The van der Waals surface area contributed by atoms with E-state index in [1.165, 1.54) is 12.1 Å². The second-order valence-corrected chi connectivity index (χ2v) is 11.0. The topological polar surface area (TPSA) is 25.8 Å². The number of aryl methyl sites for hydroxylation is 1. The molecular weight excluding hydrogens is 486 g/mol. The van der Waals surface area contributed by atoms with Crippen LogP contribution in [0.5, 0.6) is 0 Å². The average molecular weight is 515 g/mol. The number of aromatic nitrogens is 2. The van der Waals surface area contributed by atoms with Crippen LogP contribution in [0.3, 0.4) is 0 Å². The summed E-state index contributed by atoms with van der Waals surface area (Å²) in [4.78, 5) is 9.64. The van der Waals surface area contributed by atoms with Crippen molar-refractivity contribution in [3.8, 4) is 33.4 Å². The molecule has 0 amide bonds. The summed E-state index contributed by atoms with van der Waals surface area (Å²) in [5.74, 6) is -0.535. The average Bonchev–Trinajstić information content (AvgIpc) is 2.91. The third kappa shape index (κ3) is 4.57. The SMILES string of the molecule is Cc1cc(-c2ccccc2F)c2cc(-c3ccc4nc(C(C)(C)C)cc(-c5ccccc5F)c4c3)ccc2n1. The van der Waals surface area contributed by atoms with E-state index < -0.39 is 0 Å². The molecule has 6 aromatic rings. The first-order valence-electron chi connectivity index (χ1n) is 13.1. The second-order valence-electron chi connectivity index (χ2n) is 11.0. The summed E-state index contributed by atoms with van der Waals surface area (Å²) in [5.41, 5.74) is 7.81. The van der Waals surface area contributed by atoms with Gasteiger partial charge in [-0.15, -0.1) is 0 Å². The van der Waals surface area contributed by atoms with Crippen molar-refractivity contribution >= 4 is 21.8 Å². The first kappa shape index (κ1) is 24.9. The maximum Gasteiger partial charge on any atom is 0.131 e. The minimum atomic E-state index is -0.268. The monoisotopic (exact) mass is 514 g/mol. The highest BCUT2D eigenvalue weighted by Gasteiger charge is 2.20. The zero-order chi connectivity index (χ0) is 27.3. The number of hydrogen-bond donors (Lipinski definition) is 0. The smallest absolute Gasteiger partial charge is 0.131 e. The van der Waals surface area contributed by atoms with E-state index in [4.69, 9.17) is 9.97 Å². The van der Waals surface area contributed by atoms with Gasteiger partial charge in [-0.25, -0.2) is 8.78 Å². The lowest BCUT2D eigenvalue weighted by atomic mass is 9.88. The molecule has 0 fully saturated rings. The Labute approximate surface area is 227 Å². The summed E-state index contributed by atoms with van der Waals surface area (Å²) in [6, 6.07) is 29.8. The Morgan fingerprint density at radius 3 is 1.54 bits per heavy atom. The Kier molecular flexibility index (Phi) is 5.99. The van der Waals surface area contributed by atoms with Crippen LogP contribution in [-0.4, -0.2) is 9.97 Å². The third-order valence-corrected chi connectivity index (χ3v) is 7.18. The predicted octanol–water partition coefficient (Wildman–Crippen LogP) is 9.67. The lowest BCUT2D eigenvalue weighted by Crippen LogP contribution is -2.13. The summed E-state index contributed by atoms with van der Waals surface area (Å²) in [6.45, 7) is 8.25. The van der Waals surface area contributed by atoms with Crippen molar-refractivity contribution in [2.24, 2.45) is 0 Å². The molecule has 2 aromatic heterocycles. The van der Waals surface area contributed by atoms with Crippen LogP contribution in [0.15, 0.2) is 97.1 Å². The number of nitrogens with zero attached hydrogens (tertiary/aromatic N) is 2. The molecule has 0 unspecified atom stereocenters. The van der Waals surface area contributed by atoms with E-state index in [1.54, 1.807) is 18.2 Å². The first-order valence-corrected chi connectivity index (χ1v) is 13.1. The maximum atomic E-state index is 15.0. The van der Waals surface area contributed by atoms with Gasteiger partial charge in [0.05, 0.1) is 11.0 Å². The molecule has 0 aliphatic heterocycles. The molecule has 0 spiro atoms. The molecule has 4 heteroatoms. The summed E-state index contributed by atoms with van der Waals surface area (Å²) in [6.07, 6.45) is 0. The zero-order valence-corrected chi connectivity index (χ0v) is 22.4. The molecule has 6 rings (SSSR count). The van der Waals surface area contributed by atoms with Gasteiger partial charge in [-0.3, -0.25) is 9.97 Å². The van der Waals surface area contributed by atoms with E-state index in [0.29, 0.717) is 11.1 Å². The standard InChI is InChI=1S/C35H28F2N2/c1-21-17-26(24-9-5-7-11-30(24)36)28-18-22(13-15-32(28)38-21)23-14-16-33-29(19-23)27(20-34(39-33)35(2,3)4)25-10-6-8-12-31(25)37/h5-20H,1-4H3. The van der Waals surface area contributed by atoms with Gasteiger partial charge in [-0.05, 0) is 77.7 Å². The van der Waals surface area contributed by atoms with Gasteiger partial charge in [-0.1, -0.05) is 69.3 Å². The minimum absolute atomic E-state index is 0.195. The van der Waals surface area contributed by atoms with Crippen LogP contribution in [0.4, 0.5) is 8.78 Å². The highest BCUT2D eigenvalue weighted by Crippen LogP contribution is 2.38. The van der Waals surface area contributed by atoms with Crippen LogP contribution < -0.4 is 0 Å². The predicted molar refractivity (Wildman–Crippen MR) is 157 cm³/mol. The van der Waals surface area contributed by atoms with E-state index in [9.17, 15) is 4.39 Å². The van der Waals surface area contributed by atoms with E-state index in [0.717, 1.165) is 55.4 Å². The van der Waals surface area contributed by atoms with Crippen molar-refractivity contribution in [3.05, 3.63) is 120 Å². The zero-order valence-electron chi connectivity index (χ0n) is 22.4. The minimum Gasteiger partial charge on any atom is -0.253 e. The van der Waals surface area contributed by atoms with Crippen LogP contribution in [0, 0.1) is 18.6 Å². The van der Waals surface area contributed by atoms with Crippen molar-refractivity contribution in [2.75, 3.05) is 0 Å². The fourth-order valence-corrected chi connectivity index (χ4v) is 5.13. The van der Waals surface area contributed by atoms with E-state index in [2.05, 4.69) is 32.9 Å². The summed E-state index contributed by atoms with van der Waals surface area (Å²) in [7, 11) is 0. The molecule has 192 valence electrons. The molecule has 0 saturated heterocycles. The van der Waals surface area contributed by atoms with Gasteiger partial charge in [-0.2, -0.15) is 0 Å². The molecular formula is C35H28F2N2. The molecule has 39 heavy (non-hydrogen) atoms. The second kappa shape index (κ2) is 9.39. The van der Waals surface area contributed by atoms with Crippen molar-refractivity contribution in [1.29, 1.82) is 0 Å². The van der Waals surface area contributed by atoms with Crippen LogP contribution in [0.2, 0.25) is 0 Å². The number of rotatable bonds is 3. The Hall–Kier alpha value is -4.44. The highest BCUT2D eigenvalue weighted by molar-refractivity contribution is 6.00.